The Morgan fingerprint density at radius 3 is 2.93 bits per heavy atom. The molecule has 1 amide bonds. The second-order valence-corrected chi connectivity index (χ2v) is 3.45. The lowest BCUT2D eigenvalue weighted by molar-refractivity contribution is 0.0761. The summed E-state index contributed by atoms with van der Waals surface area (Å²) < 4.78 is 0. The Morgan fingerprint density at radius 1 is 1.33 bits per heavy atom. The SMILES string of the molecule is Nc1n[nH]nc1C(=O)N1CCCNCC1. The second kappa shape index (κ2) is 4.26. The van der Waals surface area contributed by atoms with Gasteiger partial charge in [-0.1, -0.05) is 0 Å². The molecule has 0 bridgehead atoms. The van der Waals surface area contributed by atoms with E-state index in [0.29, 0.717) is 6.54 Å². The van der Waals surface area contributed by atoms with Crippen molar-refractivity contribution in [1.82, 2.24) is 25.6 Å². The van der Waals surface area contributed by atoms with Crippen molar-refractivity contribution in [2.24, 2.45) is 0 Å². The first-order valence-electron chi connectivity index (χ1n) is 4.95. The van der Waals surface area contributed by atoms with E-state index in [4.69, 9.17) is 5.73 Å². The third-order valence-electron chi connectivity index (χ3n) is 2.40. The summed E-state index contributed by atoms with van der Waals surface area (Å²) >= 11 is 0. The standard InChI is InChI=1S/C8H14N6O/c9-7-6(11-13-12-7)8(15)14-4-1-2-10-3-5-14/h10H,1-5H2,(H3,9,11,12,13). The largest absolute Gasteiger partial charge is 0.380 e. The van der Waals surface area contributed by atoms with Gasteiger partial charge in [-0.15, -0.1) is 10.2 Å². The highest BCUT2D eigenvalue weighted by Crippen LogP contribution is 2.08. The number of rotatable bonds is 1. The molecular weight excluding hydrogens is 196 g/mol. The van der Waals surface area contributed by atoms with Crippen LogP contribution in [0.5, 0.6) is 0 Å². The number of nitrogens with one attached hydrogen (secondary N) is 2. The molecule has 7 nitrogen and oxygen atoms in total. The fraction of sp³-hybridized carbons (Fsp3) is 0.625. The van der Waals surface area contributed by atoms with Crippen LogP contribution in [0.25, 0.3) is 0 Å². The Kier molecular flexibility index (Phi) is 2.82. The van der Waals surface area contributed by atoms with Crippen LogP contribution in [-0.4, -0.2) is 52.4 Å². The predicted molar refractivity (Wildman–Crippen MR) is 54.2 cm³/mol. The minimum absolute atomic E-state index is 0.148. The van der Waals surface area contributed by atoms with Gasteiger partial charge in [0.15, 0.2) is 11.5 Å². The zero-order valence-electron chi connectivity index (χ0n) is 8.36. The van der Waals surface area contributed by atoms with E-state index >= 15 is 0 Å². The molecule has 0 radical (unpaired) electrons. The van der Waals surface area contributed by atoms with Crippen LogP contribution in [0.1, 0.15) is 16.9 Å². The fourth-order valence-corrected chi connectivity index (χ4v) is 1.60. The molecule has 0 saturated carbocycles. The van der Waals surface area contributed by atoms with E-state index in [1.807, 2.05) is 0 Å². The molecule has 0 aromatic carbocycles. The number of aromatic amines is 1. The van der Waals surface area contributed by atoms with Crippen molar-refractivity contribution >= 4 is 11.7 Å². The first kappa shape index (κ1) is 9.91. The molecule has 15 heavy (non-hydrogen) atoms. The van der Waals surface area contributed by atoms with E-state index in [0.717, 1.165) is 26.1 Å². The van der Waals surface area contributed by atoms with Crippen molar-refractivity contribution in [2.75, 3.05) is 31.9 Å². The molecule has 0 atom stereocenters. The van der Waals surface area contributed by atoms with Gasteiger partial charge < -0.3 is 16.0 Å². The average molecular weight is 210 g/mol. The van der Waals surface area contributed by atoms with Gasteiger partial charge in [0.25, 0.3) is 5.91 Å². The van der Waals surface area contributed by atoms with E-state index in [1.54, 1.807) is 4.90 Å². The Morgan fingerprint density at radius 2 is 2.20 bits per heavy atom. The smallest absolute Gasteiger partial charge is 0.278 e. The maximum Gasteiger partial charge on any atom is 0.278 e. The number of nitrogens with zero attached hydrogens (tertiary/aromatic N) is 3. The Hall–Kier alpha value is -1.63. The van der Waals surface area contributed by atoms with Crippen molar-refractivity contribution < 1.29 is 4.79 Å². The summed E-state index contributed by atoms with van der Waals surface area (Å²) in [5.41, 5.74) is 5.74. The van der Waals surface area contributed by atoms with Gasteiger partial charge in [0, 0.05) is 19.6 Å². The van der Waals surface area contributed by atoms with Crippen LogP contribution >= 0.6 is 0 Å². The minimum atomic E-state index is -0.148. The van der Waals surface area contributed by atoms with Crippen LogP contribution in [-0.2, 0) is 0 Å². The van der Waals surface area contributed by atoms with Gasteiger partial charge in [-0.05, 0) is 13.0 Å². The maximum atomic E-state index is 11.9. The van der Waals surface area contributed by atoms with Crippen LogP contribution in [0.4, 0.5) is 5.82 Å². The molecule has 1 aliphatic rings. The average Bonchev–Trinajstić information content (AvgIpc) is 2.53. The predicted octanol–water partition coefficient (Wildman–Crippen LogP) is -1.18. The molecular formula is C8H14N6O. The molecule has 0 spiro atoms. The Labute approximate surface area is 87.0 Å². The van der Waals surface area contributed by atoms with Gasteiger partial charge in [-0.25, -0.2) is 0 Å². The molecule has 4 N–H and O–H groups in total. The molecule has 7 heteroatoms. The summed E-state index contributed by atoms with van der Waals surface area (Å²) in [6, 6.07) is 0. The van der Waals surface area contributed by atoms with Gasteiger partial charge in [-0.3, -0.25) is 4.79 Å². The number of carbonyl (C=O) groups is 1. The molecule has 1 aliphatic heterocycles. The molecule has 1 saturated heterocycles. The first-order chi connectivity index (χ1) is 7.29. The summed E-state index contributed by atoms with van der Waals surface area (Å²) in [4.78, 5) is 13.7. The lowest BCUT2D eigenvalue weighted by Gasteiger charge is -2.18. The molecule has 1 aromatic rings. The highest BCUT2D eigenvalue weighted by atomic mass is 16.2. The number of hydrogen-bond donors (Lipinski definition) is 3. The van der Waals surface area contributed by atoms with E-state index in [2.05, 4.69) is 20.7 Å². The highest BCUT2D eigenvalue weighted by molar-refractivity contribution is 5.96. The molecule has 2 heterocycles. The normalized spacial score (nSPS) is 17.5. The number of H-pyrrole nitrogens is 1. The maximum absolute atomic E-state index is 11.9. The lowest BCUT2D eigenvalue weighted by atomic mass is 10.3. The summed E-state index contributed by atoms with van der Waals surface area (Å²) in [6.07, 6.45) is 0.948. The zero-order chi connectivity index (χ0) is 10.7. The summed E-state index contributed by atoms with van der Waals surface area (Å²) in [5, 5.41) is 13.0. The van der Waals surface area contributed by atoms with Crippen molar-refractivity contribution in [3.63, 3.8) is 0 Å². The van der Waals surface area contributed by atoms with Gasteiger partial charge in [0.05, 0.1) is 0 Å². The zero-order valence-corrected chi connectivity index (χ0v) is 8.36. The number of amides is 1. The van der Waals surface area contributed by atoms with Crippen molar-refractivity contribution in [2.45, 2.75) is 6.42 Å². The Balaban J connectivity index is 2.09. The topological polar surface area (TPSA) is 99.9 Å². The third-order valence-corrected chi connectivity index (χ3v) is 2.40. The second-order valence-electron chi connectivity index (χ2n) is 3.45. The number of nitrogens with two attached hydrogens (primary N) is 1. The summed E-state index contributed by atoms with van der Waals surface area (Å²) in [5.74, 6) is 0.0159. The van der Waals surface area contributed by atoms with Crippen LogP contribution < -0.4 is 11.1 Å². The van der Waals surface area contributed by atoms with Crippen molar-refractivity contribution in [1.29, 1.82) is 0 Å². The quantitative estimate of drug-likeness (QED) is 0.542. The van der Waals surface area contributed by atoms with Crippen LogP contribution in [0.15, 0.2) is 0 Å². The number of carbonyl (C=O) groups excluding carboxylic acids is 1. The summed E-state index contributed by atoms with van der Waals surface area (Å²) in [6.45, 7) is 3.17. The van der Waals surface area contributed by atoms with Gasteiger partial charge in [0.1, 0.15) is 0 Å². The first-order valence-corrected chi connectivity index (χ1v) is 4.95. The molecule has 1 fully saturated rings. The van der Waals surface area contributed by atoms with Crippen molar-refractivity contribution in [3.05, 3.63) is 5.69 Å². The summed E-state index contributed by atoms with van der Waals surface area (Å²) in [7, 11) is 0. The van der Waals surface area contributed by atoms with Gasteiger partial charge in [0.2, 0.25) is 0 Å². The molecule has 2 rings (SSSR count). The molecule has 0 unspecified atom stereocenters. The van der Waals surface area contributed by atoms with E-state index in [1.165, 1.54) is 0 Å². The van der Waals surface area contributed by atoms with E-state index in [9.17, 15) is 4.79 Å². The number of anilines is 1. The minimum Gasteiger partial charge on any atom is -0.380 e. The highest BCUT2D eigenvalue weighted by Gasteiger charge is 2.21. The number of aromatic nitrogens is 3. The van der Waals surface area contributed by atoms with Gasteiger partial charge >= 0.3 is 0 Å². The van der Waals surface area contributed by atoms with E-state index in [-0.39, 0.29) is 17.4 Å². The lowest BCUT2D eigenvalue weighted by Crippen LogP contribution is -2.34. The van der Waals surface area contributed by atoms with Gasteiger partial charge in [-0.2, -0.15) is 5.21 Å². The monoisotopic (exact) mass is 210 g/mol. The van der Waals surface area contributed by atoms with Crippen LogP contribution in [0.2, 0.25) is 0 Å². The van der Waals surface area contributed by atoms with E-state index < -0.39 is 0 Å². The molecule has 1 aromatic heterocycles. The number of hydrogen-bond acceptors (Lipinski definition) is 5. The van der Waals surface area contributed by atoms with Crippen molar-refractivity contribution in [3.8, 4) is 0 Å². The number of nitrogen functional groups attached to an aromatic ring is 1. The van der Waals surface area contributed by atoms with Crippen LogP contribution in [0, 0.1) is 0 Å². The molecule has 0 aliphatic carbocycles. The Bertz CT molecular complexity index is 341. The van der Waals surface area contributed by atoms with Crippen LogP contribution in [0.3, 0.4) is 0 Å². The fourth-order valence-electron chi connectivity index (χ4n) is 1.60. The molecule has 82 valence electrons. The third kappa shape index (κ3) is 2.07.